The zero-order chi connectivity index (χ0) is 11.1. The molecule has 1 saturated heterocycles. The number of rotatable bonds is 5. The highest BCUT2D eigenvalue weighted by Gasteiger charge is 2.19. The lowest BCUT2D eigenvalue weighted by atomic mass is 10.0. The van der Waals surface area contributed by atoms with Gasteiger partial charge >= 0.3 is 0 Å². The molecule has 0 unspecified atom stereocenters. The Balaban J connectivity index is 2.47. The summed E-state index contributed by atoms with van der Waals surface area (Å²) in [6.45, 7) is 8.89. The highest BCUT2D eigenvalue weighted by molar-refractivity contribution is 6.25. The quantitative estimate of drug-likeness (QED) is 0.781. The summed E-state index contributed by atoms with van der Waals surface area (Å²) in [7, 11) is 0. The van der Waals surface area contributed by atoms with Crippen LogP contribution < -0.4 is 5.32 Å². The fourth-order valence-electron chi connectivity index (χ4n) is 2.20. The van der Waals surface area contributed by atoms with Crippen molar-refractivity contribution < 1.29 is 0 Å². The van der Waals surface area contributed by atoms with Gasteiger partial charge in [0, 0.05) is 18.1 Å². The van der Waals surface area contributed by atoms with Gasteiger partial charge in [-0.25, -0.2) is 0 Å². The maximum Gasteiger partial charge on any atom is 0.0204 e. The van der Waals surface area contributed by atoms with Gasteiger partial charge in [0.2, 0.25) is 0 Å². The number of piperidine rings is 1. The van der Waals surface area contributed by atoms with Crippen LogP contribution in [0.1, 0.15) is 33.1 Å². The molecule has 0 atom stereocenters. The molecule has 1 aliphatic rings. The molecule has 3 heteroatoms. The molecule has 0 aliphatic carbocycles. The SMILES string of the molecule is CCCN(CC(C)=CCl)C1CCNCC1. The fraction of sp³-hybridized carbons (Fsp3) is 0.833. The smallest absolute Gasteiger partial charge is 0.0204 e. The Labute approximate surface area is 98.7 Å². The standard InChI is InChI=1S/C12H23ClN2/c1-3-8-15(10-11(2)9-13)12-4-6-14-7-5-12/h9,12,14H,3-8,10H2,1-2H3. The molecule has 0 aromatic rings. The zero-order valence-electron chi connectivity index (χ0n) is 9.93. The Kier molecular flexibility index (Phi) is 6.30. The predicted molar refractivity (Wildman–Crippen MR) is 67.4 cm³/mol. The number of hydrogen-bond acceptors (Lipinski definition) is 2. The molecule has 0 spiro atoms. The van der Waals surface area contributed by atoms with Crippen LogP contribution in [0.4, 0.5) is 0 Å². The molecule has 1 fully saturated rings. The Morgan fingerprint density at radius 3 is 2.67 bits per heavy atom. The third kappa shape index (κ3) is 4.54. The topological polar surface area (TPSA) is 15.3 Å². The van der Waals surface area contributed by atoms with Gasteiger partial charge in [0.1, 0.15) is 0 Å². The third-order valence-electron chi connectivity index (χ3n) is 2.97. The number of nitrogens with zero attached hydrogens (tertiary/aromatic N) is 1. The van der Waals surface area contributed by atoms with Gasteiger partial charge in [0.25, 0.3) is 0 Å². The molecule has 0 radical (unpaired) electrons. The summed E-state index contributed by atoms with van der Waals surface area (Å²) in [6.07, 6.45) is 3.77. The lowest BCUT2D eigenvalue weighted by Gasteiger charge is -2.34. The van der Waals surface area contributed by atoms with Crippen LogP contribution in [-0.2, 0) is 0 Å². The van der Waals surface area contributed by atoms with Crippen LogP contribution in [0.2, 0.25) is 0 Å². The largest absolute Gasteiger partial charge is 0.317 e. The molecule has 0 saturated carbocycles. The van der Waals surface area contributed by atoms with Crippen molar-refractivity contribution >= 4 is 11.6 Å². The molecule has 1 rings (SSSR count). The second-order valence-electron chi connectivity index (χ2n) is 4.41. The first-order valence-electron chi connectivity index (χ1n) is 5.98. The molecular weight excluding hydrogens is 208 g/mol. The Hall–Kier alpha value is -0.0500. The average molecular weight is 231 g/mol. The van der Waals surface area contributed by atoms with Gasteiger partial charge in [-0.15, -0.1) is 0 Å². The summed E-state index contributed by atoms with van der Waals surface area (Å²) in [5.74, 6) is 0. The maximum atomic E-state index is 5.73. The van der Waals surface area contributed by atoms with Crippen LogP contribution >= 0.6 is 11.6 Å². The molecule has 0 aromatic heterocycles. The van der Waals surface area contributed by atoms with E-state index >= 15 is 0 Å². The van der Waals surface area contributed by atoms with Crippen LogP contribution in [0.3, 0.4) is 0 Å². The van der Waals surface area contributed by atoms with E-state index in [2.05, 4.69) is 24.1 Å². The molecule has 88 valence electrons. The van der Waals surface area contributed by atoms with Crippen molar-refractivity contribution in [2.45, 2.75) is 39.2 Å². The minimum absolute atomic E-state index is 0.748. The summed E-state index contributed by atoms with van der Waals surface area (Å²) in [5.41, 5.74) is 2.98. The molecule has 1 heterocycles. The van der Waals surface area contributed by atoms with Crippen molar-refractivity contribution in [2.75, 3.05) is 26.2 Å². The molecule has 1 aliphatic heterocycles. The lowest BCUT2D eigenvalue weighted by Crippen LogP contribution is -2.44. The fourth-order valence-corrected chi connectivity index (χ4v) is 2.27. The Morgan fingerprint density at radius 2 is 2.13 bits per heavy atom. The monoisotopic (exact) mass is 230 g/mol. The van der Waals surface area contributed by atoms with E-state index in [0.29, 0.717) is 0 Å². The van der Waals surface area contributed by atoms with Crippen LogP contribution in [0, 0.1) is 0 Å². The van der Waals surface area contributed by atoms with Crippen molar-refractivity contribution in [1.29, 1.82) is 0 Å². The minimum Gasteiger partial charge on any atom is -0.317 e. The molecule has 0 bridgehead atoms. The highest BCUT2D eigenvalue weighted by atomic mass is 35.5. The molecule has 0 aromatic carbocycles. The predicted octanol–water partition coefficient (Wildman–Crippen LogP) is 2.59. The van der Waals surface area contributed by atoms with Crippen molar-refractivity contribution in [3.05, 3.63) is 11.1 Å². The molecule has 15 heavy (non-hydrogen) atoms. The van der Waals surface area contributed by atoms with Crippen LogP contribution in [-0.4, -0.2) is 37.1 Å². The summed E-state index contributed by atoms with van der Waals surface area (Å²) in [5, 5.41) is 3.41. The van der Waals surface area contributed by atoms with Crippen molar-refractivity contribution in [3.8, 4) is 0 Å². The summed E-state index contributed by atoms with van der Waals surface area (Å²) in [6, 6.07) is 0.748. The minimum atomic E-state index is 0.748. The summed E-state index contributed by atoms with van der Waals surface area (Å²) in [4.78, 5) is 2.58. The van der Waals surface area contributed by atoms with E-state index in [1.807, 2.05) is 0 Å². The average Bonchev–Trinajstić information content (AvgIpc) is 2.29. The highest BCUT2D eigenvalue weighted by Crippen LogP contribution is 2.14. The molecule has 0 amide bonds. The van der Waals surface area contributed by atoms with E-state index in [9.17, 15) is 0 Å². The van der Waals surface area contributed by atoms with Crippen molar-refractivity contribution in [3.63, 3.8) is 0 Å². The van der Waals surface area contributed by atoms with Gasteiger partial charge < -0.3 is 5.32 Å². The normalized spacial score (nSPS) is 19.9. The van der Waals surface area contributed by atoms with Crippen LogP contribution in [0.15, 0.2) is 11.1 Å². The molecule has 2 nitrogen and oxygen atoms in total. The Bertz CT molecular complexity index is 198. The number of nitrogens with one attached hydrogen (secondary N) is 1. The summed E-state index contributed by atoms with van der Waals surface area (Å²) < 4.78 is 0. The van der Waals surface area contributed by atoms with Gasteiger partial charge in [0.15, 0.2) is 0 Å². The van der Waals surface area contributed by atoms with Gasteiger partial charge in [-0.3, -0.25) is 4.90 Å². The van der Waals surface area contributed by atoms with Gasteiger partial charge in [-0.05, 0) is 51.4 Å². The van der Waals surface area contributed by atoms with E-state index in [4.69, 9.17) is 11.6 Å². The summed E-state index contributed by atoms with van der Waals surface area (Å²) >= 11 is 5.73. The Morgan fingerprint density at radius 1 is 1.47 bits per heavy atom. The third-order valence-corrected chi connectivity index (χ3v) is 3.35. The maximum absolute atomic E-state index is 5.73. The zero-order valence-corrected chi connectivity index (χ0v) is 10.7. The van der Waals surface area contributed by atoms with Crippen LogP contribution in [0.5, 0.6) is 0 Å². The molecule has 1 N–H and O–H groups in total. The van der Waals surface area contributed by atoms with E-state index in [1.54, 1.807) is 5.54 Å². The lowest BCUT2D eigenvalue weighted by molar-refractivity contribution is 0.175. The van der Waals surface area contributed by atoms with E-state index in [-0.39, 0.29) is 0 Å². The first-order chi connectivity index (χ1) is 7.27. The van der Waals surface area contributed by atoms with E-state index < -0.39 is 0 Å². The van der Waals surface area contributed by atoms with Gasteiger partial charge in [-0.1, -0.05) is 18.5 Å². The van der Waals surface area contributed by atoms with Crippen molar-refractivity contribution in [2.24, 2.45) is 0 Å². The van der Waals surface area contributed by atoms with E-state index in [0.717, 1.165) is 25.7 Å². The van der Waals surface area contributed by atoms with Crippen molar-refractivity contribution in [1.82, 2.24) is 10.2 Å². The van der Waals surface area contributed by atoms with Gasteiger partial charge in [-0.2, -0.15) is 0 Å². The first-order valence-corrected chi connectivity index (χ1v) is 6.42. The number of halogens is 1. The van der Waals surface area contributed by atoms with Crippen LogP contribution in [0.25, 0.3) is 0 Å². The second kappa shape index (κ2) is 7.26. The number of hydrogen-bond donors (Lipinski definition) is 1. The van der Waals surface area contributed by atoms with E-state index in [1.165, 1.54) is 31.4 Å². The van der Waals surface area contributed by atoms with Gasteiger partial charge in [0.05, 0.1) is 0 Å². The first kappa shape index (κ1) is 13.0. The molecular formula is C12H23ClN2. The second-order valence-corrected chi connectivity index (χ2v) is 4.63.